The van der Waals surface area contributed by atoms with E-state index < -0.39 is 0 Å². The summed E-state index contributed by atoms with van der Waals surface area (Å²) in [4.78, 5) is 8.99. The number of aryl methyl sites for hydroxylation is 2. The maximum Gasteiger partial charge on any atom is 0.145 e. The summed E-state index contributed by atoms with van der Waals surface area (Å²) >= 11 is 0. The Balaban J connectivity index is 2.46. The molecule has 0 spiro atoms. The van der Waals surface area contributed by atoms with Gasteiger partial charge in [-0.25, -0.2) is 9.97 Å². The van der Waals surface area contributed by atoms with Crippen LogP contribution in [0.5, 0.6) is 0 Å². The van der Waals surface area contributed by atoms with Gasteiger partial charge in [0.25, 0.3) is 0 Å². The van der Waals surface area contributed by atoms with Crippen LogP contribution >= 0.6 is 0 Å². The van der Waals surface area contributed by atoms with Crippen LogP contribution in [0.4, 0.5) is 0 Å². The van der Waals surface area contributed by atoms with Crippen molar-refractivity contribution >= 4 is 0 Å². The Bertz CT molecular complexity index is 345. The molecule has 1 heterocycles. The van der Waals surface area contributed by atoms with E-state index in [-0.39, 0.29) is 6.04 Å². The predicted octanol–water partition coefficient (Wildman–Crippen LogP) is 1.68. The van der Waals surface area contributed by atoms with Crippen LogP contribution in [0.25, 0.3) is 0 Å². The fraction of sp³-hybridized carbons (Fsp3) is 0.636. The largest absolute Gasteiger partial charge is 0.322 e. The monoisotopic (exact) mass is 191 g/mol. The highest BCUT2D eigenvalue weighted by Crippen LogP contribution is 2.22. The van der Waals surface area contributed by atoms with Crippen molar-refractivity contribution in [1.82, 2.24) is 9.97 Å². The first kappa shape index (κ1) is 9.59. The van der Waals surface area contributed by atoms with Crippen molar-refractivity contribution in [2.75, 3.05) is 0 Å². The van der Waals surface area contributed by atoms with Crippen LogP contribution in [0.15, 0.2) is 0 Å². The quantitative estimate of drug-likeness (QED) is 0.734. The third-order valence-corrected chi connectivity index (χ3v) is 2.81. The smallest absolute Gasteiger partial charge is 0.145 e. The van der Waals surface area contributed by atoms with E-state index in [0.717, 1.165) is 24.4 Å². The number of nitrogens with zero attached hydrogens (tertiary/aromatic N) is 2. The molecule has 0 aliphatic heterocycles. The Hall–Kier alpha value is -0.960. The Morgan fingerprint density at radius 2 is 1.93 bits per heavy atom. The molecular formula is C11H17N3. The summed E-state index contributed by atoms with van der Waals surface area (Å²) in [6.07, 6.45) is 4.76. The second kappa shape index (κ2) is 3.65. The number of hydrogen-bond acceptors (Lipinski definition) is 3. The standard InChI is InChI=1S/C11H17N3/c1-7(12)11-13-8(2)9-5-3-4-6-10(9)14-11/h7H,3-6,12H2,1-2H3. The van der Waals surface area contributed by atoms with Crippen molar-refractivity contribution in [2.45, 2.75) is 45.6 Å². The molecule has 0 amide bonds. The molecular weight excluding hydrogens is 174 g/mol. The lowest BCUT2D eigenvalue weighted by Gasteiger charge is -2.18. The Morgan fingerprint density at radius 3 is 2.64 bits per heavy atom. The first-order chi connectivity index (χ1) is 6.68. The van der Waals surface area contributed by atoms with Crippen molar-refractivity contribution in [1.29, 1.82) is 0 Å². The minimum absolute atomic E-state index is 0.0547. The summed E-state index contributed by atoms with van der Waals surface area (Å²) < 4.78 is 0. The van der Waals surface area contributed by atoms with Crippen molar-refractivity contribution in [3.8, 4) is 0 Å². The van der Waals surface area contributed by atoms with E-state index in [9.17, 15) is 0 Å². The first-order valence-corrected chi connectivity index (χ1v) is 5.30. The van der Waals surface area contributed by atoms with Crippen LogP contribution in [-0.2, 0) is 12.8 Å². The molecule has 2 rings (SSSR count). The summed E-state index contributed by atoms with van der Waals surface area (Å²) in [5, 5.41) is 0. The molecule has 0 bridgehead atoms. The Morgan fingerprint density at radius 1 is 1.21 bits per heavy atom. The lowest BCUT2D eigenvalue weighted by atomic mass is 9.95. The van der Waals surface area contributed by atoms with E-state index in [1.165, 1.54) is 24.1 Å². The zero-order chi connectivity index (χ0) is 10.1. The van der Waals surface area contributed by atoms with Gasteiger partial charge in [-0.05, 0) is 45.1 Å². The zero-order valence-corrected chi connectivity index (χ0v) is 8.88. The zero-order valence-electron chi connectivity index (χ0n) is 8.88. The van der Waals surface area contributed by atoms with Gasteiger partial charge in [-0.3, -0.25) is 0 Å². The first-order valence-electron chi connectivity index (χ1n) is 5.30. The molecule has 2 N–H and O–H groups in total. The number of aromatic nitrogens is 2. The minimum atomic E-state index is -0.0547. The highest BCUT2D eigenvalue weighted by molar-refractivity contribution is 5.27. The lowest BCUT2D eigenvalue weighted by molar-refractivity contribution is 0.631. The summed E-state index contributed by atoms with van der Waals surface area (Å²) in [6.45, 7) is 4.00. The molecule has 0 radical (unpaired) electrons. The third-order valence-electron chi connectivity index (χ3n) is 2.81. The molecule has 76 valence electrons. The number of rotatable bonds is 1. The fourth-order valence-electron chi connectivity index (χ4n) is 2.01. The second-order valence-electron chi connectivity index (χ2n) is 4.09. The summed E-state index contributed by atoms with van der Waals surface area (Å²) in [5.41, 5.74) is 9.51. The van der Waals surface area contributed by atoms with Gasteiger partial charge < -0.3 is 5.73 Å². The molecule has 0 aromatic carbocycles. The molecule has 1 aliphatic carbocycles. The van der Waals surface area contributed by atoms with Gasteiger partial charge in [-0.15, -0.1) is 0 Å². The van der Waals surface area contributed by atoms with Gasteiger partial charge in [0.05, 0.1) is 6.04 Å². The summed E-state index contributed by atoms with van der Waals surface area (Å²) in [7, 11) is 0. The topological polar surface area (TPSA) is 51.8 Å². The van der Waals surface area contributed by atoms with Crippen molar-refractivity contribution in [3.63, 3.8) is 0 Å². The van der Waals surface area contributed by atoms with Crippen LogP contribution in [-0.4, -0.2) is 9.97 Å². The number of fused-ring (bicyclic) bond motifs is 1. The van der Waals surface area contributed by atoms with Crippen LogP contribution in [0, 0.1) is 6.92 Å². The molecule has 1 aromatic rings. The number of hydrogen-bond donors (Lipinski definition) is 1. The van der Waals surface area contributed by atoms with E-state index in [4.69, 9.17) is 5.73 Å². The van der Waals surface area contributed by atoms with Crippen LogP contribution in [0.2, 0.25) is 0 Å². The average Bonchev–Trinajstić information content (AvgIpc) is 2.17. The van der Waals surface area contributed by atoms with Gasteiger partial charge in [0.1, 0.15) is 5.82 Å². The lowest BCUT2D eigenvalue weighted by Crippen LogP contribution is -2.16. The maximum atomic E-state index is 5.79. The van der Waals surface area contributed by atoms with Crippen molar-refractivity contribution in [3.05, 3.63) is 22.8 Å². The molecule has 0 saturated carbocycles. The van der Waals surface area contributed by atoms with Crippen LogP contribution in [0.3, 0.4) is 0 Å². The van der Waals surface area contributed by atoms with Crippen LogP contribution in [0.1, 0.15) is 48.6 Å². The molecule has 3 nitrogen and oxygen atoms in total. The Kier molecular flexibility index (Phi) is 2.50. The molecule has 1 unspecified atom stereocenters. The van der Waals surface area contributed by atoms with Gasteiger partial charge in [0.2, 0.25) is 0 Å². The van der Waals surface area contributed by atoms with E-state index in [1.54, 1.807) is 0 Å². The highest BCUT2D eigenvalue weighted by atomic mass is 14.9. The average molecular weight is 191 g/mol. The SMILES string of the molecule is Cc1nc(C(C)N)nc2c1CCCC2. The van der Waals surface area contributed by atoms with Gasteiger partial charge in [-0.1, -0.05) is 0 Å². The van der Waals surface area contributed by atoms with Gasteiger partial charge in [0.15, 0.2) is 0 Å². The molecule has 14 heavy (non-hydrogen) atoms. The van der Waals surface area contributed by atoms with E-state index in [2.05, 4.69) is 16.9 Å². The van der Waals surface area contributed by atoms with Crippen molar-refractivity contribution < 1.29 is 0 Å². The Labute approximate surface area is 84.8 Å². The molecule has 1 atom stereocenters. The van der Waals surface area contributed by atoms with E-state index in [1.807, 2.05) is 6.92 Å². The maximum absolute atomic E-state index is 5.79. The molecule has 0 saturated heterocycles. The van der Waals surface area contributed by atoms with E-state index >= 15 is 0 Å². The van der Waals surface area contributed by atoms with Gasteiger partial charge in [0, 0.05) is 11.4 Å². The second-order valence-corrected chi connectivity index (χ2v) is 4.09. The minimum Gasteiger partial charge on any atom is -0.322 e. The fourth-order valence-corrected chi connectivity index (χ4v) is 2.01. The third kappa shape index (κ3) is 1.64. The predicted molar refractivity (Wildman–Crippen MR) is 56.0 cm³/mol. The van der Waals surface area contributed by atoms with Gasteiger partial charge in [-0.2, -0.15) is 0 Å². The highest BCUT2D eigenvalue weighted by Gasteiger charge is 2.16. The van der Waals surface area contributed by atoms with E-state index in [0.29, 0.717) is 0 Å². The van der Waals surface area contributed by atoms with Crippen molar-refractivity contribution in [2.24, 2.45) is 5.73 Å². The molecule has 1 aliphatic rings. The molecule has 1 aromatic heterocycles. The normalized spacial score (nSPS) is 17.6. The molecule has 0 fully saturated rings. The summed E-state index contributed by atoms with van der Waals surface area (Å²) in [5.74, 6) is 0.795. The van der Waals surface area contributed by atoms with Gasteiger partial charge >= 0.3 is 0 Å². The summed E-state index contributed by atoms with van der Waals surface area (Å²) in [6, 6.07) is -0.0547. The molecule has 3 heteroatoms. The van der Waals surface area contributed by atoms with Crippen LogP contribution < -0.4 is 5.73 Å². The number of nitrogens with two attached hydrogens (primary N) is 1.